The number of carbonyl (C=O) groups is 1. The number of hydrogen-bond acceptors (Lipinski definition) is 5. The van der Waals surface area contributed by atoms with Crippen molar-refractivity contribution in [1.29, 1.82) is 0 Å². The highest BCUT2D eigenvalue weighted by atomic mass is 32.2. The van der Waals surface area contributed by atoms with Gasteiger partial charge >= 0.3 is 0 Å². The second-order valence-corrected chi connectivity index (χ2v) is 9.02. The molecule has 1 amide bonds. The van der Waals surface area contributed by atoms with Crippen LogP contribution < -0.4 is 10.9 Å². The lowest BCUT2D eigenvalue weighted by molar-refractivity contribution is -0.113. The fourth-order valence-corrected chi connectivity index (χ4v) is 4.62. The number of amides is 1. The lowest BCUT2D eigenvalue weighted by Gasteiger charge is -2.12. The van der Waals surface area contributed by atoms with E-state index >= 15 is 0 Å². The molecule has 8 heteroatoms. The van der Waals surface area contributed by atoms with Gasteiger partial charge in [-0.05, 0) is 53.9 Å². The van der Waals surface area contributed by atoms with Gasteiger partial charge in [-0.15, -0.1) is 0 Å². The number of anilines is 1. The van der Waals surface area contributed by atoms with Crippen LogP contribution in [0, 0.1) is 5.82 Å². The summed E-state index contributed by atoms with van der Waals surface area (Å²) in [6, 6.07) is 20.9. The summed E-state index contributed by atoms with van der Waals surface area (Å²) in [6.07, 6.45) is 0.923. The fraction of sp³-hybridized carbons (Fsp3) is 0.148. The molecular formula is C27H22FN3O3S. The van der Waals surface area contributed by atoms with E-state index in [0.29, 0.717) is 21.9 Å². The Kier molecular flexibility index (Phi) is 6.37. The third kappa shape index (κ3) is 4.83. The standard InChI is InChI=1S/C27H22FN3O3S/c1-2-17-9-13-20(14-10-17)29-23(32)16-35-27-30-24-21-5-3-4-6-22(21)34-25(24)26(33)31(27)15-18-7-11-19(28)12-8-18/h3-14H,2,15-16H2,1H3,(H,29,32). The first-order valence-electron chi connectivity index (χ1n) is 11.2. The molecule has 35 heavy (non-hydrogen) atoms. The van der Waals surface area contributed by atoms with Crippen LogP contribution in [0.2, 0.25) is 0 Å². The molecule has 5 rings (SSSR count). The van der Waals surface area contributed by atoms with Gasteiger partial charge in [0.05, 0.1) is 12.3 Å². The van der Waals surface area contributed by atoms with Crippen LogP contribution in [-0.2, 0) is 17.8 Å². The van der Waals surface area contributed by atoms with Crippen molar-refractivity contribution >= 4 is 45.4 Å². The molecule has 1 N–H and O–H groups in total. The Labute approximate surface area is 204 Å². The van der Waals surface area contributed by atoms with Crippen molar-refractivity contribution in [2.45, 2.75) is 25.0 Å². The van der Waals surface area contributed by atoms with E-state index in [1.165, 1.54) is 34.0 Å². The number of thioether (sulfide) groups is 1. The summed E-state index contributed by atoms with van der Waals surface area (Å²) in [7, 11) is 0. The van der Waals surface area contributed by atoms with E-state index in [0.717, 1.165) is 17.4 Å². The molecule has 0 fully saturated rings. The molecule has 0 radical (unpaired) electrons. The molecule has 5 aromatic rings. The number of nitrogens with zero attached hydrogens (tertiary/aromatic N) is 2. The predicted molar refractivity (Wildman–Crippen MR) is 136 cm³/mol. The second kappa shape index (κ2) is 9.76. The van der Waals surface area contributed by atoms with E-state index < -0.39 is 0 Å². The number of hydrogen-bond donors (Lipinski definition) is 1. The monoisotopic (exact) mass is 487 g/mol. The summed E-state index contributed by atoms with van der Waals surface area (Å²) in [5, 5.41) is 4.00. The lowest BCUT2D eigenvalue weighted by atomic mass is 10.1. The van der Waals surface area contributed by atoms with Crippen molar-refractivity contribution in [2.24, 2.45) is 0 Å². The molecule has 0 atom stereocenters. The number of halogens is 1. The van der Waals surface area contributed by atoms with Crippen molar-refractivity contribution in [1.82, 2.24) is 9.55 Å². The van der Waals surface area contributed by atoms with Crippen molar-refractivity contribution < 1.29 is 13.6 Å². The zero-order chi connectivity index (χ0) is 24.4. The quantitative estimate of drug-likeness (QED) is 0.238. The number of aromatic nitrogens is 2. The molecule has 0 aliphatic heterocycles. The Hall–Kier alpha value is -3.91. The Morgan fingerprint density at radius 2 is 1.74 bits per heavy atom. The van der Waals surface area contributed by atoms with Crippen LogP contribution in [0.3, 0.4) is 0 Å². The number of nitrogens with one attached hydrogen (secondary N) is 1. The number of fused-ring (bicyclic) bond motifs is 3. The molecule has 2 heterocycles. The minimum atomic E-state index is -0.356. The van der Waals surface area contributed by atoms with Crippen LogP contribution in [-0.4, -0.2) is 21.2 Å². The first-order chi connectivity index (χ1) is 17.0. The molecule has 0 bridgehead atoms. The summed E-state index contributed by atoms with van der Waals surface area (Å²) >= 11 is 1.17. The van der Waals surface area contributed by atoms with Crippen LogP contribution in [0.25, 0.3) is 22.1 Å². The van der Waals surface area contributed by atoms with Crippen molar-refractivity contribution in [3.05, 3.63) is 100 Å². The third-order valence-corrected chi connectivity index (χ3v) is 6.66. The van der Waals surface area contributed by atoms with Gasteiger partial charge in [0.1, 0.15) is 16.9 Å². The maximum Gasteiger partial charge on any atom is 0.298 e. The Balaban J connectivity index is 1.47. The molecule has 0 saturated carbocycles. The van der Waals surface area contributed by atoms with Gasteiger partial charge in [0.15, 0.2) is 5.16 Å². The molecule has 0 aliphatic rings. The van der Waals surface area contributed by atoms with Crippen molar-refractivity contribution in [2.75, 3.05) is 11.1 Å². The number of carbonyl (C=O) groups excluding carboxylic acids is 1. The molecule has 176 valence electrons. The zero-order valence-corrected chi connectivity index (χ0v) is 19.8. The minimum absolute atomic E-state index is 0.0622. The summed E-state index contributed by atoms with van der Waals surface area (Å²) < 4.78 is 20.7. The summed E-state index contributed by atoms with van der Waals surface area (Å²) in [6.45, 7) is 2.24. The highest BCUT2D eigenvalue weighted by molar-refractivity contribution is 7.99. The molecule has 6 nitrogen and oxygen atoms in total. The average molecular weight is 488 g/mol. The maximum absolute atomic E-state index is 13.4. The predicted octanol–water partition coefficient (Wildman–Crippen LogP) is 5.62. The zero-order valence-electron chi connectivity index (χ0n) is 19.0. The van der Waals surface area contributed by atoms with E-state index in [4.69, 9.17) is 9.40 Å². The van der Waals surface area contributed by atoms with E-state index in [1.807, 2.05) is 42.5 Å². The summed E-state index contributed by atoms with van der Waals surface area (Å²) in [5.41, 5.74) is 3.45. The van der Waals surface area contributed by atoms with E-state index in [1.54, 1.807) is 18.2 Å². The number of rotatable bonds is 7. The second-order valence-electron chi connectivity index (χ2n) is 8.08. The topological polar surface area (TPSA) is 77.1 Å². The largest absolute Gasteiger partial charge is 0.448 e. The lowest BCUT2D eigenvalue weighted by Crippen LogP contribution is -2.24. The van der Waals surface area contributed by atoms with Gasteiger partial charge in [-0.1, -0.05) is 55.1 Å². The SMILES string of the molecule is CCc1ccc(NC(=O)CSc2nc3c(oc4ccccc43)c(=O)n2Cc2ccc(F)cc2)cc1. The maximum atomic E-state index is 13.4. The molecule has 0 saturated heterocycles. The first-order valence-corrected chi connectivity index (χ1v) is 12.2. The smallest absolute Gasteiger partial charge is 0.298 e. The van der Waals surface area contributed by atoms with Crippen LogP contribution in [0.1, 0.15) is 18.1 Å². The highest BCUT2D eigenvalue weighted by Crippen LogP contribution is 2.27. The van der Waals surface area contributed by atoms with Gasteiger partial charge in [0, 0.05) is 11.1 Å². The van der Waals surface area contributed by atoms with Crippen LogP contribution in [0.4, 0.5) is 10.1 Å². The van der Waals surface area contributed by atoms with E-state index in [2.05, 4.69) is 12.2 Å². The van der Waals surface area contributed by atoms with Gasteiger partial charge in [-0.3, -0.25) is 14.2 Å². The van der Waals surface area contributed by atoms with E-state index in [9.17, 15) is 14.0 Å². The number of aryl methyl sites for hydroxylation is 1. The molecule has 0 unspecified atom stereocenters. The summed E-state index contributed by atoms with van der Waals surface area (Å²) in [5.74, 6) is -0.503. The normalized spacial score (nSPS) is 11.3. The molecule has 3 aromatic carbocycles. The highest BCUT2D eigenvalue weighted by Gasteiger charge is 2.19. The average Bonchev–Trinajstić information content (AvgIpc) is 3.25. The Bertz CT molecular complexity index is 1570. The van der Waals surface area contributed by atoms with Crippen LogP contribution >= 0.6 is 11.8 Å². The molecule has 0 aliphatic carbocycles. The Morgan fingerprint density at radius 3 is 2.49 bits per heavy atom. The fourth-order valence-electron chi connectivity index (χ4n) is 3.83. The van der Waals surface area contributed by atoms with Crippen LogP contribution in [0.15, 0.2) is 87.2 Å². The molecular weight excluding hydrogens is 465 g/mol. The van der Waals surface area contributed by atoms with Gasteiger partial charge < -0.3 is 9.73 Å². The number of furan rings is 1. The van der Waals surface area contributed by atoms with Gasteiger partial charge in [-0.25, -0.2) is 9.37 Å². The molecule has 0 spiro atoms. The van der Waals surface area contributed by atoms with Gasteiger partial charge in [-0.2, -0.15) is 0 Å². The van der Waals surface area contributed by atoms with E-state index in [-0.39, 0.29) is 35.2 Å². The Morgan fingerprint density at radius 1 is 1.03 bits per heavy atom. The third-order valence-electron chi connectivity index (χ3n) is 5.68. The van der Waals surface area contributed by atoms with Gasteiger partial charge in [0.2, 0.25) is 11.5 Å². The number of para-hydroxylation sites is 1. The molecule has 2 aromatic heterocycles. The first kappa shape index (κ1) is 22.9. The number of benzene rings is 3. The van der Waals surface area contributed by atoms with Crippen molar-refractivity contribution in [3.63, 3.8) is 0 Å². The van der Waals surface area contributed by atoms with Crippen LogP contribution in [0.5, 0.6) is 0 Å². The van der Waals surface area contributed by atoms with Gasteiger partial charge in [0.25, 0.3) is 5.56 Å². The summed E-state index contributed by atoms with van der Waals surface area (Å²) in [4.78, 5) is 30.8. The minimum Gasteiger partial charge on any atom is -0.448 e. The van der Waals surface area contributed by atoms with Crippen molar-refractivity contribution in [3.8, 4) is 0 Å².